The van der Waals surface area contributed by atoms with E-state index in [0.29, 0.717) is 19.3 Å². The van der Waals surface area contributed by atoms with Crippen LogP contribution >= 0.6 is 0 Å². The molecule has 0 heterocycles. The zero-order valence-electron chi connectivity index (χ0n) is 42.4. The van der Waals surface area contributed by atoms with Gasteiger partial charge in [0.05, 0.1) is 0 Å². The third-order valence-electron chi connectivity index (χ3n) is 12.5. The van der Waals surface area contributed by atoms with Gasteiger partial charge in [0.2, 0.25) is 0 Å². The van der Waals surface area contributed by atoms with E-state index in [1.165, 1.54) is 205 Å². The van der Waals surface area contributed by atoms with Crippen molar-refractivity contribution in [3.63, 3.8) is 0 Å². The van der Waals surface area contributed by atoms with Gasteiger partial charge in [-0.25, -0.2) is 0 Å². The van der Waals surface area contributed by atoms with Crippen LogP contribution in [0.25, 0.3) is 0 Å². The van der Waals surface area contributed by atoms with Gasteiger partial charge in [-0.3, -0.25) is 14.4 Å². The van der Waals surface area contributed by atoms with Crippen LogP contribution in [0.3, 0.4) is 0 Å². The molecule has 6 heteroatoms. The maximum atomic E-state index is 12.8. The third kappa shape index (κ3) is 50.7. The molecule has 1 atom stereocenters. The van der Waals surface area contributed by atoms with Crippen LogP contribution in [0, 0.1) is 0 Å². The Kier molecular flexibility index (Phi) is 50.8. The van der Waals surface area contributed by atoms with Crippen molar-refractivity contribution in [1.82, 2.24) is 0 Å². The second kappa shape index (κ2) is 52.5. The van der Waals surface area contributed by atoms with Crippen molar-refractivity contribution >= 4 is 17.9 Å². The first-order chi connectivity index (χ1) is 31.0. The van der Waals surface area contributed by atoms with E-state index in [2.05, 4.69) is 39.0 Å². The molecule has 0 saturated heterocycles. The zero-order chi connectivity index (χ0) is 45.8. The average Bonchev–Trinajstić information content (AvgIpc) is 3.28. The predicted octanol–water partition coefficient (Wildman–Crippen LogP) is 18.3. The maximum absolute atomic E-state index is 12.8. The smallest absolute Gasteiger partial charge is 0.306 e. The van der Waals surface area contributed by atoms with E-state index in [0.717, 1.165) is 51.4 Å². The Morgan fingerprint density at radius 2 is 0.603 bits per heavy atom. The summed E-state index contributed by atoms with van der Waals surface area (Å²) in [6.45, 7) is 6.62. The van der Waals surface area contributed by atoms with Gasteiger partial charge in [0, 0.05) is 19.3 Å². The third-order valence-corrected chi connectivity index (χ3v) is 12.5. The molecule has 6 nitrogen and oxygen atoms in total. The minimum absolute atomic E-state index is 0.0883. The van der Waals surface area contributed by atoms with Gasteiger partial charge in [0.15, 0.2) is 6.10 Å². The van der Waals surface area contributed by atoms with E-state index in [4.69, 9.17) is 14.2 Å². The van der Waals surface area contributed by atoms with Crippen molar-refractivity contribution < 1.29 is 28.6 Å². The highest BCUT2D eigenvalue weighted by atomic mass is 16.6. The molecule has 0 N–H and O–H groups in total. The zero-order valence-corrected chi connectivity index (χ0v) is 42.4. The Morgan fingerprint density at radius 3 is 0.937 bits per heavy atom. The first-order valence-electron chi connectivity index (χ1n) is 27.8. The van der Waals surface area contributed by atoms with Gasteiger partial charge in [-0.2, -0.15) is 0 Å². The van der Waals surface area contributed by atoms with Crippen molar-refractivity contribution in [3.05, 3.63) is 24.3 Å². The highest BCUT2D eigenvalue weighted by Gasteiger charge is 2.19. The summed E-state index contributed by atoms with van der Waals surface area (Å²) in [7, 11) is 0. The highest BCUT2D eigenvalue weighted by molar-refractivity contribution is 5.71. The van der Waals surface area contributed by atoms with Crippen LogP contribution in [0.4, 0.5) is 0 Å². The lowest BCUT2D eigenvalue weighted by atomic mass is 10.0. The normalized spacial score (nSPS) is 12.1. The second-order valence-electron chi connectivity index (χ2n) is 18.9. The first kappa shape index (κ1) is 60.9. The fraction of sp³-hybridized carbons (Fsp3) is 0.877. The number of hydrogen-bond donors (Lipinski definition) is 0. The summed E-state index contributed by atoms with van der Waals surface area (Å²) >= 11 is 0. The lowest BCUT2D eigenvalue weighted by molar-refractivity contribution is -0.166. The molecule has 0 aromatic carbocycles. The largest absolute Gasteiger partial charge is 0.462 e. The second-order valence-corrected chi connectivity index (χ2v) is 18.9. The highest BCUT2D eigenvalue weighted by Crippen LogP contribution is 2.17. The van der Waals surface area contributed by atoms with Gasteiger partial charge in [0.1, 0.15) is 13.2 Å². The minimum atomic E-state index is -0.795. The van der Waals surface area contributed by atoms with Crippen LogP contribution in [0.1, 0.15) is 303 Å². The van der Waals surface area contributed by atoms with E-state index < -0.39 is 6.10 Å². The maximum Gasteiger partial charge on any atom is 0.306 e. The number of esters is 3. The molecule has 0 rings (SSSR count). The van der Waals surface area contributed by atoms with Gasteiger partial charge in [-0.1, -0.05) is 270 Å². The van der Waals surface area contributed by atoms with Gasteiger partial charge in [0.25, 0.3) is 0 Å². The molecule has 0 amide bonds. The SMILES string of the molecule is CCCCCCCC/C=C/C/C=C/CCC(=O)OC(COC(=O)CCCCCCCCCCCCCCC)COC(=O)CCCCCCCCCCCCCCCCCCCCC. The number of rotatable bonds is 51. The number of carbonyl (C=O) groups is 3. The van der Waals surface area contributed by atoms with Crippen LogP contribution in [-0.2, 0) is 28.6 Å². The molecule has 0 fully saturated rings. The molecule has 0 aliphatic carbocycles. The Balaban J connectivity index is 4.32. The van der Waals surface area contributed by atoms with Crippen LogP contribution in [0.2, 0.25) is 0 Å². The summed E-state index contributed by atoms with van der Waals surface area (Å²) in [5.74, 6) is -0.938. The number of allylic oxidation sites excluding steroid dienone is 4. The molecule has 0 spiro atoms. The van der Waals surface area contributed by atoms with Gasteiger partial charge < -0.3 is 14.2 Å². The lowest BCUT2D eigenvalue weighted by Crippen LogP contribution is -2.30. The van der Waals surface area contributed by atoms with Gasteiger partial charge in [-0.05, 0) is 38.5 Å². The molecule has 0 aromatic heterocycles. The Bertz CT molecular complexity index is 1020. The predicted molar refractivity (Wildman–Crippen MR) is 270 cm³/mol. The summed E-state index contributed by atoms with van der Waals surface area (Å²) in [6.07, 6.45) is 60.4. The van der Waals surface area contributed by atoms with Crippen molar-refractivity contribution in [2.45, 2.75) is 309 Å². The number of carbonyl (C=O) groups excluding carboxylic acids is 3. The van der Waals surface area contributed by atoms with Crippen molar-refractivity contribution in [2.75, 3.05) is 13.2 Å². The molecule has 0 radical (unpaired) electrons. The molecule has 0 aliphatic rings. The number of ether oxygens (including phenoxy) is 3. The molecular weight excluding hydrogens is 781 g/mol. The Morgan fingerprint density at radius 1 is 0.317 bits per heavy atom. The quantitative estimate of drug-likeness (QED) is 0.0262. The monoisotopic (exact) mass is 887 g/mol. The van der Waals surface area contributed by atoms with Crippen LogP contribution in [0.15, 0.2) is 24.3 Å². The Labute approximate surface area is 392 Å². The fourth-order valence-electron chi connectivity index (χ4n) is 8.26. The molecule has 0 aliphatic heterocycles. The van der Waals surface area contributed by atoms with Crippen LogP contribution in [0.5, 0.6) is 0 Å². The standard InChI is InChI=1S/C57H106O6/c1-4-7-10-13-16-19-22-25-26-27-28-29-30-33-35-38-41-44-47-50-56(59)62-53-54(63-57(60)51-48-45-42-39-36-32-24-21-18-15-12-9-6-3)52-61-55(58)49-46-43-40-37-34-31-23-20-17-14-11-8-5-2/h32,36,42,45,54H,4-31,33-35,37-41,43-44,46-53H2,1-3H3/b36-32+,45-42+. The molecule has 0 saturated carbocycles. The fourth-order valence-corrected chi connectivity index (χ4v) is 8.26. The van der Waals surface area contributed by atoms with Gasteiger partial charge >= 0.3 is 17.9 Å². The van der Waals surface area contributed by atoms with Crippen molar-refractivity contribution in [2.24, 2.45) is 0 Å². The molecule has 1 unspecified atom stereocenters. The summed E-state index contributed by atoms with van der Waals surface area (Å²) in [6, 6.07) is 0. The molecule has 0 bridgehead atoms. The van der Waals surface area contributed by atoms with Crippen LogP contribution in [-0.4, -0.2) is 37.2 Å². The number of unbranched alkanes of at least 4 members (excludes halogenated alkanes) is 36. The lowest BCUT2D eigenvalue weighted by Gasteiger charge is -2.18. The van der Waals surface area contributed by atoms with E-state index in [1.807, 2.05) is 6.08 Å². The minimum Gasteiger partial charge on any atom is -0.462 e. The summed E-state index contributed by atoms with van der Waals surface area (Å²) in [5.41, 5.74) is 0. The van der Waals surface area contributed by atoms with E-state index in [1.54, 1.807) is 0 Å². The molecule has 0 aromatic rings. The van der Waals surface area contributed by atoms with Crippen molar-refractivity contribution in [3.8, 4) is 0 Å². The molecular formula is C57H106O6. The summed E-state index contributed by atoms with van der Waals surface area (Å²) in [5, 5.41) is 0. The Hall–Kier alpha value is -2.11. The summed E-state index contributed by atoms with van der Waals surface area (Å²) < 4.78 is 16.8. The van der Waals surface area contributed by atoms with Crippen molar-refractivity contribution in [1.29, 1.82) is 0 Å². The van der Waals surface area contributed by atoms with Crippen LogP contribution < -0.4 is 0 Å². The number of hydrogen-bond acceptors (Lipinski definition) is 6. The van der Waals surface area contributed by atoms with E-state index in [9.17, 15) is 14.4 Å². The van der Waals surface area contributed by atoms with E-state index in [-0.39, 0.29) is 37.5 Å². The first-order valence-corrected chi connectivity index (χ1v) is 27.8. The van der Waals surface area contributed by atoms with E-state index >= 15 is 0 Å². The topological polar surface area (TPSA) is 78.9 Å². The molecule has 370 valence electrons. The average molecular weight is 887 g/mol. The molecule has 63 heavy (non-hydrogen) atoms. The summed E-state index contributed by atoms with van der Waals surface area (Å²) in [4.78, 5) is 38.0. The van der Waals surface area contributed by atoms with Gasteiger partial charge in [-0.15, -0.1) is 0 Å².